The minimum absolute atomic E-state index is 0.000574. The molecule has 4 heterocycles. The van der Waals surface area contributed by atoms with Crippen LogP contribution in [0.25, 0.3) is 21.7 Å². The van der Waals surface area contributed by atoms with Crippen molar-refractivity contribution in [1.82, 2.24) is 40.6 Å². The Bertz CT molecular complexity index is 3810. The standard InChI is InChI=1S/C65H75ClN12O17/c1-38(2)57(74-63(88)93-30-29-92-27-24-77-53(81)18-19-54(77)82)60(85)72-47(9-6-20-68-62(67)87)59(84)70-44-14-10-40(11-15-44)37-94-64(89)75(4)21-22-76(23-26-91-28-25-79)65(90)95-51-33-50-56(55-39(3)7-5-8-46(51)55)43(34-66)36-78(50)61(86)48-31-42-32-52(69-35-49(42)71-48)73-58(83)41-12-16-45(80)17-13-41/h5,7-8,10-19,31-33,35,38,43,47,57,71,79-80H,6,9,20-30,34,36-37H2,1-4H3,(H,70,84)(H,72,85)(H,74,88)(H3,67,68,87)(H,69,73,83)/t43-,47+,57+/m1/s1. The minimum Gasteiger partial charge on any atom is -0.508 e. The third-order valence-electron chi connectivity index (χ3n) is 15.4. The van der Waals surface area contributed by atoms with Gasteiger partial charge in [0, 0.05) is 91.8 Å². The first-order valence-corrected chi connectivity index (χ1v) is 31.0. The SMILES string of the molecule is Cc1cccc2c(OC(=O)N(CCOCCO)CCN(C)C(=O)OCc3ccc(NC(=O)[C@H](CCCNC(N)=O)NC(=O)[C@@H](NC(=O)OCCOCCN4C(=O)C=CC4=O)C(C)C)cc3)cc3c(c12)[C@H](CCl)CN3C(=O)c1cc2cc(NC(=O)c3ccc(O)cc3)ncc2[nH]1. The van der Waals surface area contributed by atoms with E-state index < -0.39 is 77.8 Å². The Hall–Kier alpha value is -10.4. The molecule has 2 aliphatic rings. The van der Waals surface area contributed by atoms with Crippen LogP contribution >= 0.6 is 11.6 Å². The largest absolute Gasteiger partial charge is 0.508 e. The van der Waals surface area contributed by atoms with E-state index in [0.717, 1.165) is 33.6 Å². The number of aryl methyl sites for hydroxylation is 1. The van der Waals surface area contributed by atoms with Crippen LogP contribution in [-0.4, -0.2) is 199 Å². The molecule has 0 bridgehead atoms. The molecule has 4 aromatic carbocycles. The number of likely N-dealkylation sites (N-methyl/N-ethyl adjacent to an activating group) is 1. The Balaban J connectivity index is 0.868. The van der Waals surface area contributed by atoms with Gasteiger partial charge in [0.05, 0.1) is 57.0 Å². The fourth-order valence-electron chi connectivity index (χ4n) is 10.4. The van der Waals surface area contributed by atoms with Crippen LogP contribution in [0.2, 0.25) is 0 Å². The molecule has 0 saturated heterocycles. The number of amides is 11. The number of pyridine rings is 1. The lowest BCUT2D eigenvalue weighted by Crippen LogP contribution is -2.54. The predicted octanol–water partition coefficient (Wildman–Crippen LogP) is 5.61. The summed E-state index contributed by atoms with van der Waals surface area (Å²) in [6.45, 7) is 4.74. The van der Waals surface area contributed by atoms with E-state index in [0.29, 0.717) is 38.8 Å². The molecule has 29 nitrogen and oxygen atoms in total. The Morgan fingerprint density at radius 1 is 0.832 bits per heavy atom. The average Bonchev–Trinajstić information content (AvgIpc) is 1.45. The summed E-state index contributed by atoms with van der Waals surface area (Å²) in [6.07, 6.45) is 1.59. The van der Waals surface area contributed by atoms with Crippen molar-refractivity contribution in [2.75, 3.05) is 107 Å². The highest BCUT2D eigenvalue weighted by Crippen LogP contribution is 2.47. The lowest BCUT2D eigenvalue weighted by molar-refractivity contribution is -0.137. The van der Waals surface area contributed by atoms with Crippen molar-refractivity contribution >= 4 is 110 Å². The van der Waals surface area contributed by atoms with Crippen LogP contribution < -0.4 is 42.0 Å². The number of aliphatic hydroxyl groups excluding tert-OH is 1. The first-order chi connectivity index (χ1) is 45.6. The van der Waals surface area contributed by atoms with Crippen LogP contribution in [0.3, 0.4) is 0 Å². The van der Waals surface area contributed by atoms with Crippen molar-refractivity contribution < 1.29 is 81.8 Å². The van der Waals surface area contributed by atoms with Gasteiger partial charge in [0.15, 0.2) is 0 Å². The normalized spacial score (nSPS) is 13.9. The van der Waals surface area contributed by atoms with E-state index in [9.17, 15) is 58.2 Å². The molecule has 0 saturated carbocycles. The molecule has 504 valence electrons. The Labute approximate surface area is 550 Å². The first-order valence-electron chi connectivity index (χ1n) is 30.5. The van der Waals surface area contributed by atoms with Gasteiger partial charge in [-0.2, -0.15) is 0 Å². The molecule has 0 radical (unpaired) electrons. The average molecular weight is 1330 g/mol. The zero-order valence-electron chi connectivity index (χ0n) is 52.6. The number of carbonyl (C=O) groups excluding carboxylic acids is 10. The summed E-state index contributed by atoms with van der Waals surface area (Å²) in [6, 6.07) is 19.4. The van der Waals surface area contributed by atoms with E-state index in [4.69, 9.17) is 41.0 Å². The number of ether oxygens (including phenoxy) is 5. The zero-order valence-corrected chi connectivity index (χ0v) is 53.4. The Morgan fingerprint density at radius 3 is 2.27 bits per heavy atom. The third kappa shape index (κ3) is 18.9. The second-order valence-corrected chi connectivity index (χ2v) is 22.8. The van der Waals surface area contributed by atoms with Crippen LogP contribution in [-0.2, 0) is 44.7 Å². The summed E-state index contributed by atoms with van der Waals surface area (Å²) in [4.78, 5) is 143. The number of urea groups is 1. The number of hydrogen-bond acceptors (Lipinski definition) is 18. The number of alkyl carbamates (subject to hydrolysis) is 1. The summed E-state index contributed by atoms with van der Waals surface area (Å²) < 4.78 is 27.9. The lowest BCUT2D eigenvalue weighted by Gasteiger charge is -2.26. The number of benzene rings is 4. The Morgan fingerprint density at radius 2 is 1.57 bits per heavy atom. The number of anilines is 3. The number of phenolic OH excluding ortho intramolecular Hbond substituents is 1. The summed E-state index contributed by atoms with van der Waals surface area (Å²) >= 11 is 6.65. The fraction of sp³-hybridized carbons (Fsp3) is 0.369. The highest BCUT2D eigenvalue weighted by Gasteiger charge is 2.37. The van der Waals surface area contributed by atoms with Crippen LogP contribution in [0.15, 0.2) is 103 Å². The van der Waals surface area contributed by atoms with Crippen molar-refractivity contribution in [3.63, 3.8) is 0 Å². The molecule has 0 fully saturated rings. The number of imide groups is 1. The third-order valence-corrected chi connectivity index (χ3v) is 15.8. The summed E-state index contributed by atoms with van der Waals surface area (Å²) in [5, 5.41) is 34.1. The number of fused-ring (bicyclic) bond motifs is 4. The number of nitrogens with two attached hydrogens (primary N) is 1. The van der Waals surface area contributed by atoms with Gasteiger partial charge in [0.2, 0.25) is 11.8 Å². The predicted molar refractivity (Wildman–Crippen MR) is 348 cm³/mol. The number of hydrogen-bond donors (Lipinski definition) is 9. The summed E-state index contributed by atoms with van der Waals surface area (Å²) in [5.74, 6) is -3.32. The maximum absolute atomic E-state index is 14.6. The number of H-pyrrole nitrogens is 1. The topological polar surface area (TPSA) is 385 Å². The van der Waals surface area contributed by atoms with Crippen molar-refractivity contribution in [2.24, 2.45) is 11.7 Å². The van der Waals surface area contributed by atoms with Crippen molar-refractivity contribution in [1.29, 1.82) is 0 Å². The number of aromatic nitrogens is 2. The number of nitrogens with zero attached hydrogens (tertiary/aromatic N) is 5. The molecule has 3 atom stereocenters. The van der Waals surface area contributed by atoms with Gasteiger partial charge in [-0.15, -0.1) is 11.6 Å². The Kier molecular flexibility index (Phi) is 24.8. The van der Waals surface area contributed by atoms with E-state index in [2.05, 4.69) is 36.6 Å². The van der Waals surface area contributed by atoms with Crippen LogP contribution in [0, 0.1) is 12.8 Å². The van der Waals surface area contributed by atoms with E-state index in [1.807, 2.05) is 25.1 Å². The maximum atomic E-state index is 14.6. The van der Waals surface area contributed by atoms with Gasteiger partial charge in [-0.1, -0.05) is 44.2 Å². The number of rotatable bonds is 31. The summed E-state index contributed by atoms with van der Waals surface area (Å²) in [7, 11) is 1.48. The number of alkyl halides is 1. The number of carbonyl (C=O) groups is 10. The molecule has 6 aromatic rings. The van der Waals surface area contributed by atoms with Gasteiger partial charge in [-0.25, -0.2) is 24.2 Å². The van der Waals surface area contributed by atoms with Gasteiger partial charge >= 0.3 is 24.3 Å². The number of phenols is 1. The number of aromatic amines is 1. The second-order valence-electron chi connectivity index (χ2n) is 22.5. The molecule has 2 aliphatic heterocycles. The van der Waals surface area contributed by atoms with E-state index in [1.165, 1.54) is 47.3 Å². The lowest BCUT2D eigenvalue weighted by atomic mass is 9.92. The van der Waals surface area contributed by atoms with E-state index in [1.54, 1.807) is 61.2 Å². The summed E-state index contributed by atoms with van der Waals surface area (Å²) in [5.41, 5.74) is 9.23. The number of aromatic hydroxyl groups is 1. The van der Waals surface area contributed by atoms with Crippen LogP contribution in [0.5, 0.6) is 11.5 Å². The van der Waals surface area contributed by atoms with Gasteiger partial charge in [-0.05, 0) is 96.3 Å². The molecular formula is C65H75ClN12O17. The molecular weight excluding hydrogens is 1260 g/mol. The molecule has 11 amide bonds. The van der Waals surface area contributed by atoms with Gasteiger partial charge in [0.25, 0.3) is 23.6 Å². The van der Waals surface area contributed by atoms with Crippen LogP contribution in [0.1, 0.15) is 70.1 Å². The molecule has 0 aliphatic carbocycles. The molecule has 2 aromatic heterocycles. The minimum atomic E-state index is -1.16. The quantitative estimate of drug-likeness (QED) is 0.0145. The molecule has 95 heavy (non-hydrogen) atoms. The van der Waals surface area contributed by atoms with E-state index in [-0.39, 0.29) is 133 Å². The number of nitrogens with one attached hydrogen (secondary N) is 6. The maximum Gasteiger partial charge on any atom is 0.415 e. The van der Waals surface area contributed by atoms with E-state index >= 15 is 0 Å². The van der Waals surface area contributed by atoms with Crippen LogP contribution in [0.4, 0.5) is 36.4 Å². The molecule has 8 rings (SSSR count). The second kappa shape index (κ2) is 33.5. The molecule has 10 N–H and O–H groups in total. The first kappa shape index (κ1) is 70.5. The monoisotopic (exact) mass is 1330 g/mol. The number of primary amides is 1. The van der Waals surface area contributed by atoms with Crippen molar-refractivity contribution in [3.8, 4) is 11.5 Å². The molecule has 30 heteroatoms. The number of halogens is 1. The highest BCUT2D eigenvalue weighted by atomic mass is 35.5. The molecule has 0 spiro atoms. The van der Waals surface area contributed by atoms with Crippen molar-refractivity contribution in [2.45, 2.75) is 58.2 Å². The van der Waals surface area contributed by atoms with Gasteiger partial charge < -0.3 is 85.9 Å². The smallest absolute Gasteiger partial charge is 0.415 e. The highest BCUT2D eigenvalue weighted by molar-refractivity contribution is 6.20. The fourth-order valence-corrected chi connectivity index (χ4v) is 10.7. The van der Waals surface area contributed by atoms with Gasteiger partial charge in [0.1, 0.15) is 48.3 Å². The van der Waals surface area contributed by atoms with Crippen molar-refractivity contribution in [3.05, 3.63) is 131 Å². The zero-order chi connectivity index (χ0) is 68.3. The van der Waals surface area contributed by atoms with Gasteiger partial charge in [-0.3, -0.25) is 33.7 Å². The number of aliphatic hydroxyl groups is 1. The molecule has 0 unspecified atom stereocenters.